The van der Waals surface area contributed by atoms with Gasteiger partial charge in [0.25, 0.3) is 5.91 Å². The highest BCUT2D eigenvalue weighted by Gasteiger charge is 2.12. The number of hydrogen-bond acceptors (Lipinski definition) is 6. The van der Waals surface area contributed by atoms with Gasteiger partial charge in [-0.15, -0.1) is 0 Å². The van der Waals surface area contributed by atoms with Crippen LogP contribution in [0.1, 0.15) is 10.5 Å². The molecule has 0 fully saturated rings. The van der Waals surface area contributed by atoms with Crippen LogP contribution in [0.4, 0.5) is 0 Å². The van der Waals surface area contributed by atoms with Gasteiger partial charge in [0.15, 0.2) is 9.84 Å². The van der Waals surface area contributed by atoms with Gasteiger partial charge in [0.2, 0.25) is 0 Å². The molecule has 2 aromatic carbocycles. The SMILES string of the molecule is COc1cc(Oc2ccc(S(C)(=O)=O)cc2)cc(-c2ccc(C(=O)NCCO)[nH]2)c1. The second-order valence-corrected chi connectivity index (χ2v) is 8.52. The van der Waals surface area contributed by atoms with Crippen molar-refractivity contribution in [2.45, 2.75) is 4.90 Å². The second kappa shape index (κ2) is 9.02. The van der Waals surface area contributed by atoms with Crippen LogP contribution in [0.15, 0.2) is 59.5 Å². The number of sulfone groups is 1. The molecule has 0 saturated heterocycles. The van der Waals surface area contributed by atoms with Gasteiger partial charge < -0.3 is 24.9 Å². The van der Waals surface area contributed by atoms with Gasteiger partial charge in [-0.3, -0.25) is 4.79 Å². The van der Waals surface area contributed by atoms with Crippen molar-refractivity contribution in [1.29, 1.82) is 0 Å². The molecule has 8 nitrogen and oxygen atoms in total. The quantitative estimate of drug-likeness (QED) is 0.506. The summed E-state index contributed by atoms with van der Waals surface area (Å²) in [5.41, 5.74) is 1.78. The van der Waals surface area contributed by atoms with Crippen molar-refractivity contribution in [3.63, 3.8) is 0 Å². The molecule has 3 aromatic rings. The summed E-state index contributed by atoms with van der Waals surface area (Å²) < 4.78 is 34.4. The number of hydrogen-bond donors (Lipinski definition) is 3. The number of aliphatic hydroxyl groups excluding tert-OH is 1. The number of amides is 1. The van der Waals surface area contributed by atoms with E-state index in [0.29, 0.717) is 28.6 Å². The highest BCUT2D eigenvalue weighted by molar-refractivity contribution is 7.90. The van der Waals surface area contributed by atoms with Crippen molar-refractivity contribution in [3.05, 3.63) is 60.3 Å². The molecular weight excluding hydrogens is 408 g/mol. The van der Waals surface area contributed by atoms with Gasteiger partial charge in [0.1, 0.15) is 22.9 Å². The van der Waals surface area contributed by atoms with Crippen LogP contribution in [-0.4, -0.2) is 50.9 Å². The predicted octanol–water partition coefficient (Wildman–Crippen LogP) is 2.61. The summed E-state index contributed by atoms with van der Waals surface area (Å²) in [7, 11) is -1.75. The minimum Gasteiger partial charge on any atom is -0.497 e. The molecule has 1 amide bonds. The maximum Gasteiger partial charge on any atom is 0.267 e. The van der Waals surface area contributed by atoms with Crippen LogP contribution >= 0.6 is 0 Å². The molecule has 0 radical (unpaired) electrons. The van der Waals surface area contributed by atoms with Crippen LogP contribution < -0.4 is 14.8 Å². The summed E-state index contributed by atoms with van der Waals surface area (Å²) in [6, 6.07) is 14.8. The lowest BCUT2D eigenvalue weighted by molar-refractivity contribution is 0.0940. The number of aromatic nitrogens is 1. The molecule has 1 aromatic heterocycles. The average molecular weight is 430 g/mol. The van der Waals surface area contributed by atoms with Gasteiger partial charge in [-0.25, -0.2) is 8.42 Å². The molecular formula is C21H22N2O6S. The average Bonchev–Trinajstić information content (AvgIpc) is 3.22. The van der Waals surface area contributed by atoms with Gasteiger partial charge in [0, 0.05) is 30.1 Å². The van der Waals surface area contributed by atoms with E-state index < -0.39 is 9.84 Å². The normalized spacial score (nSPS) is 11.2. The van der Waals surface area contributed by atoms with E-state index in [1.807, 2.05) is 0 Å². The van der Waals surface area contributed by atoms with Crippen LogP contribution in [0, 0.1) is 0 Å². The van der Waals surface area contributed by atoms with E-state index in [0.717, 1.165) is 11.8 Å². The van der Waals surface area contributed by atoms with Crippen LogP contribution in [0.2, 0.25) is 0 Å². The summed E-state index contributed by atoms with van der Waals surface area (Å²) in [5, 5.41) is 11.4. The number of aromatic amines is 1. The molecule has 0 aliphatic carbocycles. The molecule has 30 heavy (non-hydrogen) atoms. The topological polar surface area (TPSA) is 118 Å². The fourth-order valence-electron chi connectivity index (χ4n) is 2.76. The van der Waals surface area contributed by atoms with Gasteiger partial charge in [-0.2, -0.15) is 0 Å². The van der Waals surface area contributed by atoms with Crippen LogP contribution in [0.25, 0.3) is 11.3 Å². The molecule has 0 spiro atoms. The Balaban J connectivity index is 1.85. The number of nitrogens with one attached hydrogen (secondary N) is 2. The Morgan fingerprint density at radius 3 is 2.37 bits per heavy atom. The lowest BCUT2D eigenvalue weighted by Crippen LogP contribution is -2.26. The maximum absolute atomic E-state index is 12.0. The number of benzene rings is 2. The third-order valence-corrected chi connectivity index (χ3v) is 5.37. The monoisotopic (exact) mass is 430 g/mol. The molecule has 0 unspecified atom stereocenters. The lowest BCUT2D eigenvalue weighted by Gasteiger charge is -2.10. The van der Waals surface area contributed by atoms with E-state index in [2.05, 4.69) is 10.3 Å². The molecule has 9 heteroatoms. The Bertz CT molecular complexity index is 1140. The zero-order chi connectivity index (χ0) is 21.7. The van der Waals surface area contributed by atoms with E-state index in [-0.39, 0.29) is 24.0 Å². The molecule has 0 aliphatic heterocycles. The van der Waals surface area contributed by atoms with E-state index in [4.69, 9.17) is 14.6 Å². The van der Waals surface area contributed by atoms with Crippen molar-refractivity contribution in [2.24, 2.45) is 0 Å². The number of carbonyl (C=O) groups excluding carboxylic acids is 1. The molecule has 158 valence electrons. The van der Waals surface area contributed by atoms with Crippen LogP contribution in [-0.2, 0) is 9.84 Å². The minimum atomic E-state index is -3.28. The summed E-state index contributed by atoms with van der Waals surface area (Å²) in [6.07, 6.45) is 1.14. The van der Waals surface area contributed by atoms with Crippen LogP contribution in [0.5, 0.6) is 17.2 Å². The van der Waals surface area contributed by atoms with E-state index >= 15 is 0 Å². The van der Waals surface area contributed by atoms with Crippen LogP contribution in [0.3, 0.4) is 0 Å². The number of rotatable bonds is 8. The zero-order valence-corrected chi connectivity index (χ0v) is 17.3. The minimum absolute atomic E-state index is 0.138. The number of aliphatic hydroxyl groups is 1. The molecule has 3 N–H and O–H groups in total. The Kier molecular flexibility index (Phi) is 6.43. The van der Waals surface area contributed by atoms with E-state index in [1.165, 1.54) is 19.2 Å². The Labute approximate surface area is 174 Å². The largest absolute Gasteiger partial charge is 0.497 e. The molecule has 0 bridgehead atoms. The summed E-state index contributed by atoms with van der Waals surface area (Å²) >= 11 is 0. The van der Waals surface area contributed by atoms with Crippen molar-refractivity contribution in [1.82, 2.24) is 10.3 Å². The Morgan fingerprint density at radius 1 is 1.03 bits per heavy atom. The Hall–Kier alpha value is -3.30. The van der Waals surface area contributed by atoms with Crippen molar-refractivity contribution < 1.29 is 27.8 Å². The van der Waals surface area contributed by atoms with Gasteiger partial charge in [-0.05, 0) is 48.5 Å². The van der Waals surface area contributed by atoms with Crippen molar-refractivity contribution >= 4 is 15.7 Å². The first-order valence-corrected chi connectivity index (χ1v) is 10.9. The number of H-pyrrole nitrogens is 1. The first kappa shape index (κ1) is 21.4. The third-order valence-electron chi connectivity index (χ3n) is 4.24. The number of carbonyl (C=O) groups is 1. The second-order valence-electron chi connectivity index (χ2n) is 6.51. The van der Waals surface area contributed by atoms with Gasteiger partial charge in [0.05, 0.1) is 18.6 Å². The molecule has 1 heterocycles. The Morgan fingerprint density at radius 2 is 1.73 bits per heavy atom. The highest BCUT2D eigenvalue weighted by atomic mass is 32.2. The molecule has 3 rings (SSSR count). The van der Waals surface area contributed by atoms with Gasteiger partial charge in [-0.1, -0.05) is 0 Å². The fraction of sp³-hybridized carbons (Fsp3) is 0.190. The fourth-order valence-corrected chi connectivity index (χ4v) is 3.39. The predicted molar refractivity (Wildman–Crippen MR) is 112 cm³/mol. The first-order valence-electron chi connectivity index (χ1n) is 9.05. The summed E-state index contributed by atoms with van der Waals surface area (Å²) in [4.78, 5) is 15.3. The molecule has 0 atom stereocenters. The van der Waals surface area contributed by atoms with Crippen molar-refractivity contribution in [2.75, 3.05) is 26.5 Å². The lowest BCUT2D eigenvalue weighted by atomic mass is 10.1. The van der Waals surface area contributed by atoms with E-state index in [1.54, 1.807) is 42.5 Å². The zero-order valence-electron chi connectivity index (χ0n) is 16.5. The molecule has 0 aliphatic rings. The van der Waals surface area contributed by atoms with E-state index in [9.17, 15) is 13.2 Å². The summed E-state index contributed by atoms with van der Waals surface area (Å²) in [5.74, 6) is 1.19. The van der Waals surface area contributed by atoms with Crippen molar-refractivity contribution in [3.8, 4) is 28.5 Å². The number of ether oxygens (including phenoxy) is 2. The van der Waals surface area contributed by atoms with Gasteiger partial charge >= 0.3 is 0 Å². The first-order chi connectivity index (χ1) is 14.3. The third kappa shape index (κ3) is 5.19. The maximum atomic E-state index is 12.0. The number of methoxy groups -OCH3 is 1. The standard InChI is InChI=1S/C21H22N2O6S/c1-28-16-11-14(19-7-8-20(23-19)21(25)22-9-10-24)12-17(13-16)29-15-3-5-18(6-4-15)30(2,26)27/h3-8,11-13,23-24H,9-10H2,1-2H3,(H,22,25). The highest BCUT2D eigenvalue weighted by Crippen LogP contribution is 2.32. The molecule has 0 saturated carbocycles. The smallest absolute Gasteiger partial charge is 0.267 e. The summed E-state index contributed by atoms with van der Waals surface area (Å²) in [6.45, 7) is 0.0313.